The van der Waals surface area contributed by atoms with Crippen LogP contribution in [0.15, 0.2) is 12.3 Å². The van der Waals surface area contributed by atoms with Crippen molar-refractivity contribution in [2.45, 2.75) is 57.3 Å². The van der Waals surface area contributed by atoms with E-state index in [1.807, 2.05) is 17.9 Å². The molecule has 4 heteroatoms. The van der Waals surface area contributed by atoms with Crippen LogP contribution in [0.5, 0.6) is 0 Å². The fourth-order valence-electron chi connectivity index (χ4n) is 3.72. The number of nitrogens with zero attached hydrogens (tertiary/aromatic N) is 3. The number of piperidine rings is 1. The molecule has 0 spiro atoms. The van der Waals surface area contributed by atoms with E-state index in [4.69, 9.17) is 0 Å². The Kier molecular flexibility index (Phi) is 3.39. The predicted octanol–water partition coefficient (Wildman–Crippen LogP) is 1.52. The summed E-state index contributed by atoms with van der Waals surface area (Å²) in [7, 11) is 2.00. The number of nitrogens with one attached hydrogen (secondary N) is 1. The first-order valence-electron chi connectivity index (χ1n) is 7.24. The molecule has 1 aromatic rings. The number of hydrogen-bond donors (Lipinski definition) is 1. The quantitative estimate of drug-likeness (QED) is 0.877. The third-order valence-corrected chi connectivity index (χ3v) is 4.49. The van der Waals surface area contributed by atoms with Crippen molar-refractivity contribution in [2.75, 3.05) is 6.54 Å². The Morgan fingerprint density at radius 2 is 2.06 bits per heavy atom. The molecule has 18 heavy (non-hydrogen) atoms. The smallest absolute Gasteiger partial charge is 0.0764 e. The van der Waals surface area contributed by atoms with E-state index in [0.717, 1.165) is 31.2 Å². The Balaban J connectivity index is 1.65. The molecule has 1 aromatic heterocycles. The molecule has 2 aliphatic heterocycles. The van der Waals surface area contributed by atoms with Crippen LogP contribution < -0.4 is 5.32 Å². The molecule has 0 radical (unpaired) electrons. The van der Waals surface area contributed by atoms with Crippen LogP contribution in [0.3, 0.4) is 0 Å². The van der Waals surface area contributed by atoms with Gasteiger partial charge in [-0.25, -0.2) is 0 Å². The third kappa shape index (κ3) is 2.31. The SMILES string of the molecule is CCNC1CC2CCC(C1)N2Cc1ccn(C)n1. The van der Waals surface area contributed by atoms with Gasteiger partial charge in [0.1, 0.15) is 0 Å². The molecule has 0 aliphatic carbocycles. The zero-order valence-corrected chi connectivity index (χ0v) is 11.5. The van der Waals surface area contributed by atoms with Crippen molar-refractivity contribution >= 4 is 0 Å². The van der Waals surface area contributed by atoms with Crippen molar-refractivity contribution < 1.29 is 0 Å². The highest BCUT2D eigenvalue weighted by Gasteiger charge is 2.40. The van der Waals surface area contributed by atoms with Gasteiger partial charge in [0, 0.05) is 37.9 Å². The second kappa shape index (κ2) is 5.02. The second-order valence-electron chi connectivity index (χ2n) is 5.76. The van der Waals surface area contributed by atoms with Gasteiger partial charge in [-0.05, 0) is 38.3 Å². The second-order valence-corrected chi connectivity index (χ2v) is 5.76. The molecular weight excluding hydrogens is 224 g/mol. The predicted molar refractivity (Wildman–Crippen MR) is 72.3 cm³/mol. The van der Waals surface area contributed by atoms with Gasteiger partial charge in [-0.3, -0.25) is 9.58 Å². The largest absolute Gasteiger partial charge is 0.314 e. The molecule has 2 saturated heterocycles. The molecule has 2 bridgehead atoms. The fraction of sp³-hybridized carbons (Fsp3) is 0.786. The molecule has 4 nitrogen and oxygen atoms in total. The lowest BCUT2D eigenvalue weighted by molar-refractivity contribution is 0.108. The fourth-order valence-corrected chi connectivity index (χ4v) is 3.72. The van der Waals surface area contributed by atoms with Gasteiger partial charge in [0.05, 0.1) is 5.69 Å². The van der Waals surface area contributed by atoms with Gasteiger partial charge in [0.25, 0.3) is 0 Å². The molecule has 2 fully saturated rings. The van der Waals surface area contributed by atoms with Crippen molar-refractivity contribution in [1.82, 2.24) is 20.0 Å². The molecule has 0 amide bonds. The number of rotatable bonds is 4. The minimum atomic E-state index is 0.743. The molecule has 2 unspecified atom stereocenters. The Hall–Kier alpha value is -0.870. The summed E-state index contributed by atoms with van der Waals surface area (Å²) in [4.78, 5) is 2.69. The zero-order chi connectivity index (χ0) is 12.5. The molecular formula is C14H24N4. The third-order valence-electron chi connectivity index (χ3n) is 4.49. The van der Waals surface area contributed by atoms with Crippen LogP contribution in [0, 0.1) is 0 Å². The number of aromatic nitrogens is 2. The van der Waals surface area contributed by atoms with E-state index in [0.29, 0.717) is 0 Å². The number of hydrogen-bond acceptors (Lipinski definition) is 3. The normalized spacial score (nSPS) is 32.0. The maximum Gasteiger partial charge on any atom is 0.0764 e. The average Bonchev–Trinajstić information content (AvgIpc) is 2.83. The summed E-state index contributed by atoms with van der Waals surface area (Å²) < 4.78 is 1.91. The highest BCUT2D eigenvalue weighted by Crippen LogP contribution is 2.36. The molecule has 3 heterocycles. The van der Waals surface area contributed by atoms with E-state index in [1.54, 1.807) is 0 Å². The van der Waals surface area contributed by atoms with E-state index < -0.39 is 0 Å². The minimum absolute atomic E-state index is 0.743. The number of aryl methyl sites for hydroxylation is 1. The lowest BCUT2D eigenvalue weighted by Gasteiger charge is -2.38. The zero-order valence-electron chi connectivity index (χ0n) is 11.5. The molecule has 1 N–H and O–H groups in total. The van der Waals surface area contributed by atoms with Crippen LogP contribution in [0.1, 0.15) is 38.3 Å². The Morgan fingerprint density at radius 3 is 2.61 bits per heavy atom. The molecule has 100 valence electrons. The summed E-state index contributed by atoms with van der Waals surface area (Å²) >= 11 is 0. The highest BCUT2D eigenvalue weighted by atomic mass is 15.3. The standard InChI is InChI=1S/C14H24N4/c1-3-15-12-8-13-4-5-14(9-12)18(13)10-11-6-7-17(2)16-11/h6-7,12-15H,3-5,8-10H2,1-2H3. The summed E-state index contributed by atoms with van der Waals surface area (Å²) in [6.45, 7) is 4.35. The summed E-state index contributed by atoms with van der Waals surface area (Å²) in [6, 6.07) is 4.44. The van der Waals surface area contributed by atoms with E-state index >= 15 is 0 Å². The van der Waals surface area contributed by atoms with Gasteiger partial charge < -0.3 is 5.32 Å². The van der Waals surface area contributed by atoms with Crippen LogP contribution in [-0.2, 0) is 13.6 Å². The maximum atomic E-state index is 4.52. The van der Waals surface area contributed by atoms with Crippen molar-refractivity contribution in [3.63, 3.8) is 0 Å². The van der Waals surface area contributed by atoms with Gasteiger partial charge in [-0.15, -0.1) is 0 Å². The van der Waals surface area contributed by atoms with Crippen LogP contribution in [-0.4, -0.2) is 39.4 Å². The van der Waals surface area contributed by atoms with Gasteiger partial charge in [0.2, 0.25) is 0 Å². The van der Waals surface area contributed by atoms with Crippen LogP contribution in [0.4, 0.5) is 0 Å². The van der Waals surface area contributed by atoms with Gasteiger partial charge >= 0.3 is 0 Å². The lowest BCUT2D eigenvalue weighted by Crippen LogP contribution is -2.48. The molecule has 2 atom stereocenters. The molecule has 0 saturated carbocycles. The summed E-state index contributed by atoms with van der Waals surface area (Å²) in [6.07, 6.45) is 7.43. The Morgan fingerprint density at radius 1 is 1.33 bits per heavy atom. The first kappa shape index (κ1) is 12.2. The van der Waals surface area contributed by atoms with Gasteiger partial charge in [0.15, 0.2) is 0 Å². The van der Waals surface area contributed by atoms with Crippen LogP contribution in [0.2, 0.25) is 0 Å². The van der Waals surface area contributed by atoms with Crippen molar-refractivity contribution in [3.05, 3.63) is 18.0 Å². The molecule has 2 aliphatic rings. The average molecular weight is 248 g/mol. The van der Waals surface area contributed by atoms with E-state index in [1.165, 1.54) is 31.4 Å². The summed E-state index contributed by atoms with van der Waals surface area (Å²) in [5.74, 6) is 0. The van der Waals surface area contributed by atoms with E-state index in [-0.39, 0.29) is 0 Å². The van der Waals surface area contributed by atoms with Crippen LogP contribution >= 0.6 is 0 Å². The van der Waals surface area contributed by atoms with Gasteiger partial charge in [-0.2, -0.15) is 5.10 Å². The highest BCUT2D eigenvalue weighted by molar-refractivity contribution is 5.04. The first-order valence-corrected chi connectivity index (χ1v) is 7.24. The van der Waals surface area contributed by atoms with Crippen molar-refractivity contribution in [3.8, 4) is 0 Å². The van der Waals surface area contributed by atoms with E-state index in [2.05, 4.69) is 28.3 Å². The topological polar surface area (TPSA) is 33.1 Å². The summed E-state index contributed by atoms with van der Waals surface area (Å²) in [5, 5.41) is 8.14. The monoisotopic (exact) mass is 248 g/mol. The minimum Gasteiger partial charge on any atom is -0.314 e. The lowest BCUT2D eigenvalue weighted by atomic mass is 9.97. The van der Waals surface area contributed by atoms with Crippen molar-refractivity contribution in [2.24, 2.45) is 7.05 Å². The Labute approximate surface area is 109 Å². The molecule has 3 rings (SSSR count). The Bertz CT molecular complexity index is 386. The molecule has 0 aromatic carbocycles. The van der Waals surface area contributed by atoms with Gasteiger partial charge in [-0.1, -0.05) is 6.92 Å². The first-order chi connectivity index (χ1) is 8.76. The maximum absolute atomic E-state index is 4.52. The van der Waals surface area contributed by atoms with E-state index in [9.17, 15) is 0 Å². The summed E-state index contributed by atoms with van der Waals surface area (Å²) in [5.41, 5.74) is 1.22. The van der Waals surface area contributed by atoms with Crippen molar-refractivity contribution in [1.29, 1.82) is 0 Å². The number of fused-ring (bicyclic) bond motifs is 2. The van der Waals surface area contributed by atoms with Crippen LogP contribution in [0.25, 0.3) is 0 Å².